The van der Waals surface area contributed by atoms with Gasteiger partial charge in [0.25, 0.3) is 5.91 Å². The van der Waals surface area contributed by atoms with Gasteiger partial charge in [-0.15, -0.1) is 0 Å². The van der Waals surface area contributed by atoms with Crippen LogP contribution in [0.3, 0.4) is 0 Å². The molecule has 1 amide bonds. The van der Waals surface area contributed by atoms with Crippen molar-refractivity contribution in [1.82, 2.24) is 4.90 Å². The van der Waals surface area contributed by atoms with Gasteiger partial charge in [0.05, 0.1) is 23.6 Å². The predicted octanol–water partition coefficient (Wildman–Crippen LogP) is 7.44. The van der Waals surface area contributed by atoms with Gasteiger partial charge in [-0.1, -0.05) is 72.3 Å². The van der Waals surface area contributed by atoms with Crippen molar-refractivity contribution in [2.75, 3.05) is 6.61 Å². The average Bonchev–Trinajstić information content (AvgIpc) is 3.26. The van der Waals surface area contributed by atoms with E-state index >= 15 is 0 Å². The van der Waals surface area contributed by atoms with Gasteiger partial charge in [0, 0.05) is 6.54 Å². The number of amides is 1. The molecular formula is C36H33NO5. The first-order chi connectivity index (χ1) is 20.3. The van der Waals surface area contributed by atoms with Crippen molar-refractivity contribution in [2.24, 2.45) is 0 Å². The van der Waals surface area contributed by atoms with Crippen molar-refractivity contribution < 1.29 is 18.7 Å². The van der Waals surface area contributed by atoms with E-state index in [2.05, 4.69) is 0 Å². The van der Waals surface area contributed by atoms with Crippen molar-refractivity contribution in [2.45, 2.75) is 46.9 Å². The topological polar surface area (TPSA) is 69.0 Å². The van der Waals surface area contributed by atoms with Crippen LogP contribution in [0, 0.1) is 20.8 Å². The predicted molar refractivity (Wildman–Crippen MR) is 163 cm³/mol. The van der Waals surface area contributed by atoms with Gasteiger partial charge in [-0.3, -0.25) is 9.59 Å². The van der Waals surface area contributed by atoms with Crippen molar-refractivity contribution in [3.05, 3.63) is 140 Å². The van der Waals surface area contributed by atoms with Crippen LogP contribution in [0.2, 0.25) is 0 Å². The Hall–Kier alpha value is -4.84. The number of fused-ring (bicyclic) bond motifs is 2. The molecule has 5 aromatic rings. The molecule has 0 saturated carbocycles. The molecule has 4 aromatic carbocycles. The zero-order chi connectivity index (χ0) is 29.4. The van der Waals surface area contributed by atoms with E-state index in [-0.39, 0.29) is 17.1 Å². The van der Waals surface area contributed by atoms with Crippen LogP contribution in [0.15, 0.2) is 94.1 Å². The Bertz CT molecular complexity index is 1840. The molecule has 6 rings (SSSR count). The minimum Gasteiger partial charge on any atom is -0.490 e. The lowest BCUT2D eigenvalue weighted by Crippen LogP contribution is -2.29. The highest BCUT2D eigenvalue weighted by molar-refractivity contribution is 5.99. The van der Waals surface area contributed by atoms with Crippen molar-refractivity contribution in [3.63, 3.8) is 0 Å². The molecule has 1 aliphatic rings. The van der Waals surface area contributed by atoms with Crippen LogP contribution in [0.1, 0.15) is 62.5 Å². The van der Waals surface area contributed by atoms with E-state index in [1.807, 2.05) is 113 Å². The number of rotatable bonds is 8. The van der Waals surface area contributed by atoms with Gasteiger partial charge in [0.1, 0.15) is 12.2 Å². The molecule has 0 aliphatic carbocycles. The maximum atomic E-state index is 14.1. The summed E-state index contributed by atoms with van der Waals surface area (Å²) in [6.07, 6.45) is 0. The highest BCUT2D eigenvalue weighted by Crippen LogP contribution is 2.42. The van der Waals surface area contributed by atoms with Crippen LogP contribution in [0.25, 0.3) is 11.0 Å². The summed E-state index contributed by atoms with van der Waals surface area (Å²) in [4.78, 5) is 29.9. The molecule has 1 aromatic heterocycles. The Morgan fingerprint density at radius 1 is 0.786 bits per heavy atom. The van der Waals surface area contributed by atoms with Gasteiger partial charge < -0.3 is 18.8 Å². The third-order valence-electron chi connectivity index (χ3n) is 7.69. The number of benzene rings is 4. The second kappa shape index (κ2) is 11.2. The number of hydrogen-bond acceptors (Lipinski definition) is 5. The Kier molecular flexibility index (Phi) is 7.29. The van der Waals surface area contributed by atoms with Crippen molar-refractivity contribution in [1.29, 1.82) is 0 Å². The van der Waals surface area contributed by atoms with Crippen molar-refractivity contribution in [3.8, 4) is 11.5 Å². The monoisotopic (exact) mass is 559 g/mol. The van der Waals surface area contributed by atoms with Crippen LogP contribution >= 0.6 is 0 Å². The van der Waals surface area contributed by atoms with Crippen LogP contribution in [-0.4, -0.2) is 17.4 Å². The van der Waals surface area contributed by atoms with E-state index in [1.165, 1.54) is 0 Å². The molecule has 212 valence electrons. The average molecular weight is 560 g/mol. The Morgan fingerprint density at radius 2 is 1.55 bits per heavy atom. The third-order valence-corrected chi connectivity index (χ3v) is 7.69. The van der Waals surface area contributed by atoms with Gasteiger partial charge in [-0.25, -0.2) is 0 Å². The SMILES string of the molecule is CCOc1cc(C2c3c(oc4c(C)cc(C)cc4c3=O)C(=O)N2Cc2ccc(C)cc2)ccc1OCc1ccccc1. The highest BCUT2D eigenvalue weighted by Gasteiger charge is 2.43. The molecule has 0 fully saturated rings. The number of carbonyl (C=O) groups is 1. The van der Waals surface area contributed by atoms with Crippen molar-refractivity contribution >= 4 is 16.9 Å². The van der Waals surface area contributed by atoms with E-state index in [4.69, 9.17) is 13.9 Å². The lowest BCUT2D eigenvalue weighted by molar-refractivity contribution is 0.0714. The molecule has 1 atom stereocenters. The minimum atomic E-state index is -0.655. The van der Waals surface area contributed by atoms with Crippen LogP contribution in [0.4, 0.5) is 0 Å². The molecule has 0 N–H and O–H groups in total. The van der Waals surface area contributed by atoms with Crippen LogP contribution < -0.4 is 14.9 Å². The summed E-state index contributed by atoms with van der Waals surface area (Å²) in [6, 6.07) is 26.8. The maximum absolute atomic E-state index is 14.1. The number of nitrogens with zero attached hydrogens (tertiary/aromatic N) is 1. The quantitative estimate of drug-likeness (QED) is 0.198. The molecule has 42 heavy (non-hydrogen) atoms. The lowest BCUT2D eigenvalue weighted by atomic mass is 9.96. The molecule has 1 unspecified atom stereocenters. The van der Waals surface area contributed by atoms with E-state index in [0.717, 1.165) is 33.4 Å². The van der Waals surface area contributed by atoms with Crippen LogP contribution in [0.5, 0.6) is 11.5 Å². The first kappa shape index (κ1) is 27.3. The lowest BCUT2D eigenvalue weighted by Gasteiger charge is -2.26. The summed E-state index contributed by atoms with van der Waals surface area (Å²) in [5.41, 5.74) is 6.28. The second-order valence-corrected chi connectivity index (χ2v) is 10.9. The minimum absolute atomic E-state index is 0.0962. The van der Waals surface area contributed by atoms with Gasteiger partial charge in [0.2, 0.25) is 5.76 Å². The van der Waals surface area contributed by atoms with E-state index in [9.17, 15) is 9.59 Å². The van der Waals surface area contributed by atoms with Crippen LogP contribution in [-0.2, 0) is 13.2 Å². The van der Waals surface area contributed by atoms with Gasteiger partial charge >= 0.3 is 0 Å². The molecular weight excluding hydrogens is 526 g/mol. The van der Waals surface area contributed by atoms with E-state index < -0.39 is 6.04 Å². The number of ether oxygens (including phenoxy) is 2. The third kappa shape index (κ3) is 5.05. The number of aryl methyl sites for hydroxylation is 3. The Labute approximate surface area is 245 Å². The number of carbonyl (C=O) groups excluding carboxylic acids is 1. The molecule has 0 spiro atoms. The molecule has 1 aliphatic heterocycles. The summed E-state index contributed by atoms with van der Waals surface area (Å²) in [5.74, 6) is 0.936. The molecule has 0 bridgehead atoms. The zero-order valence-corrected chi connectivity index (χ0v) is 24.3. The summed E-state index contributed by atoms with van der Waals surface area (Å²) in [6.45, 7) is 8.93. The van der Waals surface area contributed by atoms with Gasteiger partial charge in [-0.2, -0.15) is 0 Å². The molecule has 2 heterocycles. The van der Waals surface area contributed by atoms with E-state index in [1.54, 1.807) is 4.90 Å². The summed E-state index contributed by atoms with van der Waals surface area (Å²) in [7, 11) is 0. The normalized spacial score (nSPS) is 14.3. The first-order valence-corrected chi connectivity index (χ1v) is 14.2. The van der Waals surface area contributed by atoms with Gasteiger partial charge in [-0.05, 0) is 73.7 Å². The second-order valence-electron chi connectivity index (χ2n) is 10.9. The fourth-order valence-corrected chi connectivity index (χ4v) is 5.69. The first-order valence-electron chi connectivity index (χ1n) is 14.2. The molecule has 6 nitrogen and oxygen atoms in total. The Balaban J connectivity index is 1.48. The van der Waals surface area contributed by atoms with E-state index in [0.29, 0.717) is 47.8 Å². The molecule has 0 radical (unpaired) electrons. The summed E-state index contributed by atoms with van der Waals surface area (Å²) in [5, 5.41) is 0.481. The highest BCUT2D eigenvalue weighted by atomic mass is 16.5. The largest absolute Gasteiger partial charge is 0.490 e. The zero-order valence-electron chi connectivity index (χ0n) is 24.3. The smallest absolute Gasteiger partial charge is 0.291 e. The summed E-state index contributed by atoms with van der Waals surface area (Å²) >= 11 is 0. The molecule has 0 saturated heterocycles. The standard InChI is InChI=1S/C36H33NO5/c1-5-40-30-19-27(15-16-29(30)41-21-26-9-7-6-8-10-26)32-31-33(38)28-18-23(3)17-24(4)34(28)42-35(31)36(39)37(32)20-25-13-11-22(2)12-14-25/h6-19,32H,5,20-21H2,1-4H3. The van der Waals surface area contributed by atoms with Gasteiger partial charge in [0.15, 0.2) is 16.9 Å². The molecule has 6 heteroatoms. The Morgan fingerprint density at radius 3 is 2.29 bits per heavy atom. The number of hydrogen-bond donors (Lipinski definition) is 0. The fraction of sp³-hybridized carbons (Fsp3) is 0.222. The fourth-order valence-electron chi connectivity index (χ4n) is 5.69. The summed E-state index contributed by atoms with van der Waals surface area (Å²) < 4.78 is 18.4. The maximum Gasteiger partial charge on any atom is 0.291 e.